The zero-order chi connectivity index (χ0) is 18.0. The van der Waals surface area contributed by atoms with Crippen LogP contribution >= 0.6 is 0 Å². The van der Waals surface area contributed by atoms with E-state index in [4.69, 9.17) is 9.84 Å². The first kappa shape index (κ1) is 17.5. The molecule has 0 aliphatic carbocycles. The molecule has 0 radical (unpaired) electrons. The highest BCUT2D eigenvalue weighted by Crippen LogP contribution is 2.25. The summed E-state index contributed by atoms with van der Waals surface area (Å²) >= 11 is 0. The molecule has 3 rings (SSSR count). The second kappa shape index (κ2) is 7.27. The first-order valence-corrected chi connectivity index (χ1v) is 8.60. The van der Waals surface area contributed by atoms with Crippen molar-refractivity contribution in [1.82, 2.24) is 14.7 Å². The highest BCUT2D eigenvalue weighted by atomic mass is 16.5. The number of hydrogen-bond acceptors (Lipinski definition) is 4. The van der Waals surface area contributed by atoms with Gasteiger partial charge < -0.3 is 9.84 Å². The zero-order valence-electron chi connectivity index (χ0n) is 15.1. The number of carbonyl (C=O) groups is 1. The molecule has 0 amide bonds. The van der Waals surface area contributed by atoms with Crippen molar-refractivity contribution in [3.63, 3.8) is 0 Å². The second-order valence-electron chi connectivity index (χ2n) is 6.70. The molecule has 6 heteroatoms. The summed E-state index contributed by atoms with van der Waals surface area (Å²) < 4.78 is 7.41. The summed E-state index contributed by atoms with van der Waals surface area (Å²) in [5.74, 6) is 0.152. The minimum absolute atomic E-state index is 0.129. The van der Waals surface area contributed by atoms with E-state index >= 15 is 0 Å². The molecule has 2 aromatic rings. The Morgan fingerprint density at radius 1 is 1.24 bits per heavy atom. The van der Waals surface area contributed by atoms with Gasteiger partial charge in [-0.1, -0.05) is 6.07 Å². The van der Waals surface area contributed by atoms with E-state index in [0.717, 1.165) is 48.9 Å². The molecule has 1 aromatic carbocycles. The summed E-state index contributed by atoms with van der Waals surface area (Å²) in [6.07, 6.45) is 0.622. The number of fused-ring (bicyclic) bond motifs is 1. The van der Waals surface area contributed by atoms with Gasteiger partial charge in [0.15, 0.2) is 0 Å². The van der Waals surface area contributed by atoms with Gasteiger partial charge in [0.2, 0.25) is 0 Å². The van der Waals surface area contributed by atoms with Crippen LogP contribution in [0.25, 0.3) is 0 Å². The maximum absolute atomic E-state index is 10.7. The normalized spacial score (nSPS) is 14.4. The van der Waals surface area contributed by atoms with E-state index < -0.39 is 5.97 Å². The quantitative estimate of drug-likeness (QED) is 0.873. The van der Waals surface area contributed by atoms with Crippen molar-refractivity contribution in [3.05, 3.63) is 46.3 Å². The lowest BCUT2D eigenvalue weighted by molar-refractivity contribution is -0.136. The second-order valence-corrected chi connectivity index (χ2v) is 6.70. The third-order valence-corrected chi connectivity index (χ3v) is 4.77. The molecular weight excluding hydrogens is 318 g/mol. The molecule has 1 aromatic heterocycles. The average Bonchev–Trinajstić information content (AvgIpc) is 2.98. The zero-order valence-corrected chi connectivity index (χ0v) is 15.1. The van der Waals surface area contributed by atoms with Gasteiger partial charge in [0.1, 0.15) is 5.75 Å². The summed E-state index contributed by atoms with van der Waals surface area (Å²) in [6.45, 7) is 7.71. The molecule has 0 saturated carbocycles. The predicted molar refractivity (Wildman–Crippen MR) is 94.8 cm³/mol. The molecule has 2 heterocycles. The van der Waals surface area contributed by atoms with E-state index in [-0.39, 0.29) is 6.42 Å². The fourth-order valence-electron chi connectivity index (χ4n) is 3.35. The fourth-order valence-corrected chi connectivity index (χ4v) is 3.35. The Labute approximate surface area is 148 Å². The van der Waals surface area contributed by atoms with Gasteiger partial charge in [0.25, 0.3) is 0 Å². The van der Waals surface area contributed by atoms with Crippen LogP contribution in [0, 0.1) is 13.8 Å². The molecule has 0 spiro atoms. The number of carboxylic acids is 1. The number of methoxy groups -OCH3 is 1. The Kier molecular flexibility index (Phi) is 5.08. The molecule has 0 bridgehead atoms. The molecule has 1 aliphatic rings. The average molecular weight is 343 g/mol. The number of nitrogens with zero attached hydrogens (tertiary/aromatic N) is 3. The molecule has 0 saturated heterocycles. The summed E-state index contributed by atoms with van der Waals surface area (Å²) in [5.41, 5.74) is 5.74. The van der Waals surface area contributed by atoms with E-state index in [2.05, 4.69) is 36.0 Å². The Bertz CT molecular complexity index is 782. The number of carboxylic acid groups (broad SMARTS) is 1. The molecular formula is C19H25N3O3. The monoisotopic (exact) mass is 343 g/mol. The third-order valence-electron chi connectivity index (χ3n) is 4.77. The molecule has 0 unspecified atom stereocenters. The van der Waals surface area contributed by atoms with Gasteiger partial charge in [-0.05, 0) is 42.7 Å². The van der Waals surface area contributed by atoms with E-state index in [1.165, 1.54) is 11.1 Å². The number of benzene rings is 1. The Morgan fingerprint density at radius 2 is 2.04 bits per heavy atom. The minimum Gasteiger partial charge on any atom is -0.496 e. The lowest BCUT2D eigenvalue weighted by Crippen LogP contribution is -2.33. The van der Waals surface area contributed by atoms with Gasteiger partial charge >= 0.3 is 5.97 Å². The number of aromatic nitrogens is 2. The number of hydrogen-bond donors (Lipinski definition) is 1. The highest BCUT2D eigenvalue weighted by molar-refractivity contribution is 5.66. The van der Waals surface area contributed by atoms with Crippen LogP contribution in [0.5, 0.6) is 5.75 Å². The van der Waals surface area contributed by atoms with Crippen LogP contribution in [-0.4, -0.2) is 39.4 Å². The van der Waals surface area contributed by atoms with Crippen LogP contribution in [-0.2, 0) is 30.8 Å². The van der Waals surface area contributed by atoms with Crippen molar-refractivity contribution < 1.29 is 14.6 Å². The molecule has 0 fully saturated rings. The Morgan fingerprint density at radius 3 is 2.76 bits per heavy atom. The van der Waals surface area contributed by atoms with Crippen molar-refractivity contribution in [2.45, 2.75) is 46.3 Å². The summed E-state index contributed by atoms with van der Waals surface area (Å²) in [6, 6.07) is 6.35. The van der Waals surface area contributed by atoms with Crippen molar-refractivity contribution in [2.24, 2.45) is 0 Å². The number of aryl methyl sites for hydroxylation is 3. The first-order chi connectivity index (χ1) is 12.0. The molecule has 25 heavy (non-hydrogen) atoms. The maximum Gasteiger partial charge on any atom is 0.303 e. The van der Waals surface area contributed by atoms with Gasteiger partial charge in [-0.15, -0.1) is 0 Å². The van der Waals surface area contributed by atoms with Crippen LogP contribution in [0.15, 0.2) is 18.2 Å². The van der Waals surface area contributed by atoms with Gasteiger partial charge in [-0.2, -0.15) is 5.10 Å². The summed E-state index contributed by atoms with van der Waals surface area (Å²) in [5, 5.41) is 13.3. The standard InChI is InChI=1S/C19H25N3O3/c1-13-9-18(25-3)14(2)8-15(13)11-21-6-7-22-17(12-21)10-16(20-22)4-5-19(23)24/h8-10H,4-7,11-12H2,1-3H3,(H,23,24). The van der Waals surface area contributed by atoms with Gasteiger partial charge in [0.05, 0.1) is 31.5 Å². The van der Waals surface area contributed by atoms with Crippen molar-refractivity contribution >= 4 is 5.97 Å². The number of aliphatic carboxylic acids is 1. The van der Waals surface area contributed by atoms with Gasteiger partial charge in [0, 0.05) is 26.1 Å². The van der Waals surface area contributed by atoms with E-state index in [9.17, 15) is 4.79 Å². The van der Waals surface area contributed by atoms with E-state index in [1.807, 2.05) is 10.7 Å². The molecule has 6 nitrogen and oxygen atoms in total. The largest absolute Gasteiger partial charge is 0.496 e. The fraction of sp³-hybridized carbons (Fsp3) is 0.474. The van der Waals surface area contributed by atoms with Crippen molar-refractivity contribution in [3.8, 4) is 5.75 Å². The smallest absolute Gasteiger partial charge is 0.303 e. The van der Waals surface area contributed by atoms with Crippen LogP contribution < -0.4 is 4.74 Å². The lowest BCUT2D eigenvalue weighted by Gasteiger charge is -2.28. The van der Waals surface area contributed by atoms with Crippen LogP contribution in [0.3, 0.4) is 0 Å². The molecule has 1 N–H and O–H groups in total. The van der Waals surface area contributed by atoms with Crippen LogP contribution in [0.4, 0.5) is 0 Å². The topological polar surface area (TPSA) is 67.6 Å². The van der Waals surface area contributed by atoms with Crippen molar-refractivity contribution in [2.75, 3.05) is 13.7 Å². The van der Waals surface area contributed by atoms with E-state index in [0.29, 0.717) is 6.42 Å². The summed E-state index contributed by atoms with van der Waals surface area (Å²) in [4.78, 5) is 13.1. The molecule has 134 valence electrons. The lowest BCUT2D eigenvalue weighted by atomic mass is 10.0. The molecule has 0 atom stereocenters. The minimum atomic E-state index is -0.780. The number of rotatable bonds is 6. The summed E-state index contributed by atoms with van der Waals surface area (Å²) in [7, 11) is 1.70. The van der Waals surface area contributed by atoms with Gasteiger partial charge in [-0.3, -0.25) is 14.4 Å². The SMILES string of the molecule is COc1cc(C)c(CN2CCn3nc(CCC(=O)O)cc3C2)cc1C. The molecule has 1 aliphatic heterocycles. The number of ether oxygens (including phenoxy) is 1. The Balaban J connectivity index is 1.69. The van der Waals surface area contributed by atoms with E-state index in [1.54, 1.807) is 7.11 Å². The highest BCUT2D eigenvalue weighted by Gasteiger charge is 2.19. The maximum atomic E-state index is 10.7. The van der Waals surface area contributed by atoms with Gasteiger partial charge in [-0.25, -0.2) is 0 Å². The van der Waals surface area contributed by atoms with Crippen LogP contribution in [0.1, 0.15) is 34.5 Å². The Hall–Kier alpha value is -2.34. The predicted octanol–water partition coefficient (Wildman–Crippen LogP) is 2.54. The van der Waals surface area contributed by atoms with Crippen molar-refractivity contribution in [1.29, 1.82) is 0 Å². The first-order valence-electron chi connectivity index (χ1n) is 8.60. The third kappa shape index (κ3) is 4.02. The van der Waals surface area contributed by atoms with Crippen LogP contribution in [0.2, 0.25) is 0 Å².